The first-order valence-electron chi connectivity index (χ1n) is 12.9. The third-order valence-corrected chi connectivity index (χ3v) is 6.98. The molecule has 0 aromatic carbocycles. The fraction of sp³-hybridized carbons (Fsp3) is 0.607. The van der Waals surface area contributed by atoms with Crippen LogP contribution >= 0.6 is 23.2 Å². The van der Waals surface area contributed by atoms with Crippen LogP contribution in [0.4, 0.5) is 0 Å². The topological polar surface area (TPSA) is 100 Å². The Labute approximate surface area is 235 Å². The first kappa shape index (κ1) is 32.1. The standard InChI is InChI=1S/C28H39Cl2NO7/c1-7-8-9-10-11-17(2)14-18(3)12-13-23(34)31-22-16-28(38-27(22)35-6)15-21(29)25(36-19(4)32)24(30)26(28)37-20(5)33/h12-15,17,22,26-27H,7-11,16H2,1-6H3,(H,31,34)/b13-12+,18-14+/t17-,22+,26-,27-,28+/m1/s1. The van der Waals surface area contributed by atoms with Crippen LogP contribution in [-0.4, -0.2) is 49.0 Å². The molecular weight excluding hydrogens is 533 g/mol. The molecule has 1 aliphatic heterocycles. The summed E-state index contributed by atoms with van der Waals surface area (Å²) < 4.78 is 22.2. The highest BCUT2D eigenvalue weighted by molar-refractivity contribution is 6.36. The maximum atomic E-state index is 12.8. The molecule has 5 atom stereocenters. The van der Waals surface area contributed by atoms with E-state index in [0.29, 0.717) is 5.92 Å². The molecule has 0 aromatic heterocycles. The number of unbranched alkanes of at least 4 members (excludes halogenated alkanes) is 3. The summed E-state index contributed by atoms with van der Waals surface area (Å²) in [5, 5.41) is 2.81. The van der Waals surface area contributed by atoms with Crippen LogP contribution in [0.25, 0.3) is 0 Å². The van der Waals surface area contributed by atoms with Crippen molar-refractivity contribution in [1.82, 2.24) is 5.32 Å². The van der Waals surface area contributed by atoms with Gasteiger partial charge in [0, 0.05) is 33.5 Å². The number of allylic oxidation sites excluding steroid dienone is 4. The number of halogens is 2. The average Bonchev–Trinajstić information content (AvgIpc) is 3.18. The quantitative estimate of drug-likeness (QED) is 0.137. The van der Waals surface area contributed by atoms with Gasteiger partial charge in [0.15, 0.2) is 18.2 Å². The number of esters is 2. The number of carbonyl (C=O) groups excluding carboxylic acids is 3. The predicted octanol–water partition coefficient (Wildman–Crippen LogP) is 5.79. The molecule has 1 aliphatic carbocycles. The van der Waals surface area contributed by atoms with Crippen molar-refractivity contribution in [3.8, 4) is 0 Å². The van der Waals surface area contributed by atoms with Crippen LogP contribution in [-0.2, 0) is 33.3 Å². The van der Waals surface area contributed by atoms with E-state index in [1.165, 1.54) is 58.8 Å². The van der Waals surface area contributed by atoms with Crippen molar-refractivity contribution in [3.05, 3.63) is 45.7 Å². The van der Waals surface area contributed by atoms with Gasteiger partial charge in [0.2, 0.25) is 5.91 Å². The van der Waals surface area contributed by atoms with Crippen LogP contribution < -0.4 is 5.32 Å². The molecule has 1 saturated heterocycles. The molecule has 0 bridgehead atoms. The highest BCUT2D eigenvalue weighted by Crippen LogP contribution is 2.47. The largest absolute Gasteiger partial charge is 0.453 e. The highest BCUT2D eigenvalue weighted by atomic mass is 35.5. The Hall–Kier alpha value is -2.13. The molecular formula is C28H39Cl2NO7. The molecule has 1 amide bonds. The predicted molar refractivity (Wildman–Crippen MR) is 146 cm³/mol. The molecule has 0 unspecified atom stereocenters. The fourth-order valence-electron chi connectivity index (χ4n) is 4.66. The summed E-state index contributed by atoms with van der Waals surface area (Å²) in [6.07, 6.45) is 11.0. The Morgan fingerprint density at radius 3 is 2.47 bits per heavy atom. The molecule has 8 nitrogen and oxygen atoms in total. The Morgan fingerprint density at radius 2 is 1.87 bits per heavy atom. The minimum Gasteiger partial charge on any atom is -0.453 e. The summed E-state index contributed by atoms with van der Waals surface area (Å²) in [4.78, 5) is 36.2. The van der Waals surface area contributed by atoms with Crippen molar-refractivity contribution in [2.45, 2.75) is 97.2 Å². The van der Waals surface area contributed by atoms with Gasteiger partial charge in [-0.15, -0.1) is 0 Å². The van der Waals surface area contributed by atoms with Gasteiger partial charge < -0.3 is 24.3 Å². The van der Waals surface area contributed by atoms with Gasteiger partial charge in [0.25, 0.3) is 0 Å². The van der Waals surface area contributed by atoms with Crippen molar-refractivity contribution in [2.24, 2.45) is 5.92 Å². The van der Waals surface area contributed by atoms with Gasteiger partial charge in [-0.25, -0.2) is 0 Å². The zero-order chi connectivity index (χ0) is 28.5. The molecule has 0 aromatic rings. The third-order valence-electron chi connectivity index (χ3n) is 6.33. The SMILES string of the molecule is CCCCCC[C@@H](C)/C=C(C)/C=C/C(=O)N[C@H]1C[C@]2(C=C(Cl)C(OC(C)=O)=C(Cl)[C@H]2OC(C)=O)O[C@H]1OC. The van der Waals surface area contributed by atoms with Gasteiger partial charge in [-0.3, -0.25) is 14.4 Å². The minimum absolute atomic E-state index is 0.0138. The maximum absolute atomic E-state index is 12.8. The van der Waals surface area contributed by atoms with E-state index in [1.54, 1.807) is 6.08 Å². The van der Waals surface area contributed by atoms with E-state index >= 15 is 0 Å². The Morgan fingerprint density at radius 1 is 1.16 bits per heavy atom. The van der Waals surface area contributed by atoms with Gasteiger partial charge in [0.1, 0.15) is 10.6 Å². The monoisotopic (exact) mass is 571 g/mol. The van der Waals surface area contributed by atoms with Crippen LogP contribution in [0.5, 0.6) is 0 Å². The zero-order valence-corrected chi connectivity index (χ0v) is 24.5. The van der Waals surface area contributed by atoms with Crippen LogP contribution in [0.1, 0.15) is 73.1 Å². The number of rotatable bonds is 12. The van der Waals surface area contributed by atoms with Crippen LogP contribution in [0.2, 0.25) is 0 Å². The zero-order valence-electron chi connectivity index (χ0n) is 23.0. The average molecular weight is 573 g/mol. The van der Waals surface area contributed by atoms with E-state index in [2.05, 4.69) is 25.2 Å². The Kier molecular flexibility index (Phi) is 12.6. The number of ether oxygens (including phenoxy) is 4. The van der Waals surface area contributed by atoms with Crippen molar-refractivity contribution in [3.63, 3.8) is 0 Å². The number of amides is 1. The molecule has 2 aliphatic rings. The number of methoxy groups -OCH3 is 1. The molecule has 0 saturated carbocycles. The fourth-order valence-corrected chi connectivity index (χ4v) is 5.40. The van der Waals surface area contributed by atoms with Crippen LogP contribution in [0.3, 0.4) is 0 Å². The second kappa shape index (κ2) is 14.9. The van der Waals surface area contributed by atoms with Crippen LogP contribution in [0.15, 0.2) is 45.7 Å². The van der Waals surface area contributed by atoms with Gasteiger partial charge in [0.05, 0.1) is 11.1 Å². The molecule has 1 N–H and O–H groups in total. The molecule has 1 fully saturated rings. The lowest BCUT2D eigenvalue weighted by molar-refractivity contribution is -0.183. The Bertz CT molecular complexity index is 1000. The van der Waals surface area contributed by atoms with E-state index in [0.717, 1.165) is 12.0 Å². The molecule has 212 valence electrons. The first-order valence-corrected chi connectivity index (χ1v) is 13.7. The summed E-state index contributed by atoms with van der Waals surface area (Å²) in [5.41, 5.74) is -0.355. The lowest BCUT2D eigenvalue weighted by atomic mass is 9.86. The van der Waals surface area contributed by atoms with E-state index in [1.807, 2.05) is 6.92 Å². The summed E-state index contributed by atoms with van der Waals surface area (Å²) in [5.74, 6) is -1.30. The lowest BCUT2D eigenvalue weighted by Gasteiger charge is -2.37. The van der Waals surface area contributed by atoms with Crippen molar-refractivity contribution >= 4 is 41.0 Å². The summed E-state index contributed by atoms with van der Waals surface area (Å²) >= 11 is 12.9. The van der Waals surface area contributed by atoms with Gasteiger partial charge in [-0.05, 0) is 25.3 Å². The molecule has 2 rings (SSSR count). The lowest BCUT2D eigenvalue weighted by Crippen LogP contribution is -2.47. The van der Waals surface area contributed by atoms with E-state index in [-0.39, 0.29) is 28.2 Å². The molecule has 10 heteroatoms. The molecule has 1 spiro atoms. The van der Waals surface area contributed by atoms with Crippen LogP contribution in [0, 0.1) is 5.92 Å². The summed E-state index contributed by atoms with van der Waals surface area (Å²) in [6.45, 7) is 8.76. The molecule has 0 radical (unpaired) electrons. The summed E-state index contributed by atoms with van der Waals surface area (Å²) in [6, 6.07) is -0.613. The third kappa shape index (κ3) is 8.97. The number of carbonyl (C=O) groups is 3. The second-order valence-corrected chi connectivity index (χ2v) is 10.6. The number of nitrogens with one attached hydrogen (secondary N) is 1. The highest BCUT2D eigenvalue weighted by Gasteiger charge is 2.56. The van der Waals surface area contributed by atoms with Gasteiger partial charge in [-0.2, -0.15) is 0 Å². The van der Waals surface area contributed by atoms with Crippen molar-refractivity contribution in [2.75, 3.05) is 7.11 Å². The van der Waals surface area contributed by atoms with E-state index < -0.39 is 36.0 Å². The maximum Gasteiger partial charge on any atom is 0.308 e. The van der Waals surface area contributed by atoms with Crippen molar-refractivity contribution < 1.29 is 33.3 Å². The number of hydrogen-bond donors (Lipinski definition) is 1. The number of hydrogen-bond acceptors (Lipinski definition) is 7. The van der Waals surface area contributed by atoms with E-state index in [9.17, 15) is 14.4 Å². The first-order chi connectivity index (χ1) is 17.9. The normalized spacial score (nSPS) is 26.5. The second-order valence-electron chi connectivity index (χ2n) is 9.82. The molecule has 38 heavy (non-hydrogen) atoms. The summed E-state index contributed by atoms with van der Waals surface area (Å²) in [7, 11) is 1.43. The van der Waals surface area contributed by atoms with Crippen molar-refractivity contribution in [1.29, 1.82) is 0 Å². The molecule has 1 heterocycles. The van der Waals surface area contributed by atoms with E-state index in [4.69, 9.17) is 42.1 Å². The van der Waals surface area contributed by atoms with Gasteiger partial charge in [-0.1, -0.05) is 80.5 Å². The smallest absolute Gasteiger partial charge is 0.308 e. The van der Waals surface area contributed by atoms with Gasteiger partial charge >= 0.3 is 11.9 Å². The Balaban J connectivity index is 2.15. The minimum atomic E-state index is -1.35.